The molecule has 0 atom stereocenters. The third kappa shape index (κ3) is 2.86. The summed E-state index contributed by atoms with van der Waals surface area (Å²) in [6, 6.07) is 9.19. The SMILES string of the molecule is Cc1sc(-c2ccc(F)cc2)cc1NC(C)C. The summed E-state index contributed by atoms with van der Waals surface area (Å²) in [6.45, 7) is 6.34. The van der Waals surface area contributed by atoms with Crippen LogP contribution in [0.2, 0.25) is 0 Å². The van der Waals surface area contributed by atoms with Gasteiger partial charge in [0, 0.05) is 21.5 Å². The largest absolute Gasteiger partial charge is 0.382 e. The van der Waals surface area contributed by atoms with E-state index in [1.165, 1.54) is 27.6 Å². The van der Waals surface area contributed by atoms with Gasteiger partial charge in [-0.15, -0.1) is 11.3 Å². The van der Waals surface area contributed by atoms with Crippen molar-refractivity contribution in [3.8, 4) is 10.4 Å². The number of halogens is 1. The van der Waals surface area contributed by atoms with Gasteiger partial charge in [0.2, 0.25) is 0 Å². The number of rotatable bonds is 3. The number of benzene rings is 1. The van der Waals surface area contributed by atoms with E-state index in [-0.39, 0.29) is 5.82 Å². The first kappa shape index (κ1) is 12.1. The van der Waals surface area contributed by atoms with Crippen molar-refractivity contribution in [1.29, 1.82) is 0 Å². The van der Waals surface area contributed by atoms with E-state index in [4.69, 9.17) is 0 Å². The molecule has 1 heterocycles. The average molecular weight is 249 g/mol. The van der Waals surface area contributed by atoms with Gasteiger partial charge in [0.05, 0.1) is 0 Å². The summed E-state index contributed by atoms with van der Waals surface area (Å²) in [5.74, 6) is -0.192. The normalized spacial score (nSPS) is 10.9. The van der Waals surface area contributed by atoms with E-state index in [1.807, 2.05) is 12.1 Å². The van der Waals surface area contributed by atoms with Crippen LogP contribution in [0, 0.1) is 12.7 Å². The van der Waals surface area contributed by atoms with Gasteiger partial charge in [-0.3, -0.25) is 0 Å². The fourth-order valence-electron chi connectivity index (χ4n) is 1.69. The molecular formula is C14H16FNS. The Morgan fingerprint density at radius 2 is 1.82 bits per heavy atom. The van der Waals surface area contributed by atoms with Gasteiger partial charge in [-0.2, -0.15) is 0 Å². The number of thiophene rings is 1. The summed E-state index contributed by atoms with van der Waals surface area (Å²) in [5.41, 5.74) is 2.24. The lowest BCUT2D eigenvalue weighted by molar-refractivity contribution is 0.628. The highest BCUT2D eigenvalue weighted by molar-refractivity contribution is 7.16. The summed E-state index contributed by atoms with van der Waals surface area (Å²) >= 11 is 1.73. The van der Waals surface area contributed by atoms with Crippen molar-refractivity contribution in [2.75, 3.05) is 5.32 Å². The van der Waals surface area contributed by atoms with Crippen molar-refractivity contribution in [3.05, 3.63) is 41.0 Å². The van der Waals surface area contributed by atoms with Crippen LogP contribution in [0.4, 0.5) is 10.1 Å². The Morgan fingerprint density at radius 1 is 1.18 bits per heavy atom. The molecule has 0 amide bonds. The molecule has 2 rings (SSSR count). The molecule has 0 bridgehead atoms. The molecule has 3 heteroatoms. The van der Waals surface area contributed by atoms with Crippen LogP contribution in [0.5, 0.6) is 0 Å². The number of hydrogen-bond donors (Lipinski definition) is 1. The predicted octanol–water partition coefficient (Wildman–Crippen LogP) is 4.68. The third-order valence-electron chi connectivity index (χ3n) is 2.49. The standard InChI is InChI=1S/C14H16FNS/c1-9(2)16-13-8-14(17-10(13)3)11-4-6-12(15)7-5-11/h4-9,16H,1-3H3. The smallest absolute Gasteiger partial charge is 0.123 e. The van der Waals surface area contributed by atoms with Gasteiger partial charge >= 0.3 is 0 Å². The van der Waals surface area contributed by atoms with E-state index >= 15 is 0 Å². The van der Waals surface area contributed by atoms with Gasteiger partial charge in [-0.25, -0.2) is 4.39 Å². The van der Waals surface area contributed by atoms with Gasteiger partial charge < -0.3 is 5.32 Å². The molecule has 17 heavy (non-hydrogen) atoms. The molecule has 0 saturated heterocycles. The molecule has 1 aromatic carbocycles. The first-order valence-electron chi connectivity index (χ1n) is 5.69. The minimum atomic E-state index is -0.192. The van der Waals surface area contributed by atoms with Crippen LogP contribution >= 0.6 is 11.3 Å². The Balaban J connectivity index is 2.31. The van der Waals surface area contributed by atoms with Crippen LogP contribution in [0.25, 0.3) is 10.4 Å². The van der Waals surface area contributed by atoms with Crippen LogP contribution in [-0.2, 0) is 0 Å². The summed E-state index contributed by atoms with van der Waals surface area (Å²) in [5, 5.41) is 3.41. The zero-order valence-electron chi connectivity index (χ0n) is 10.3. The summed E-state index contributed by atoms with van der Waals surface area (Å²) in [4.78, 5) is 2.43. The van der Waals surface area contributed by atoms with Crippen LogP contribution in [0.1, 0.15) is 18.7 Å². The van der Waals surface area contributed by atoms with Crippen molar-refractivity contribution < 1.29 is 4.39 Å². The highest BCUT2D eigenvalue weighted by atomic mass is 32.1. The van der Waals surface area contributed by atoms with Crippen LogP contribution in [0.3, 0.4) is 0 Å². The molecule has 0 saturated carbocycles. The monoisotopic (exact) mass is 249 g/mol. The zero-order chi connectivity index (χ0) is 12.4. The van der Waals surface area contributed by atoms with Gasteiger partial charge in [0.25, 0.3) is 0 Å². The molecule has 0 unspecified atom stereocenters. The minimum Gasteiger partial charge on any atom is -0.382 e. The van der Waals surface area contributed by atoms with Gasteiger partial charge in [0.15, 0.2) is 0 Å². The van der Waals surface area contributed by atoms with E-state index in [9.17, 15) is 4.39 Å². The lowest BCUT2D eigenvalue weighted by Crippen LogP contribution is -2.09. The Bertz CT molecular complexity index is 499. The molecule has 2 aromatic rings. The van der Waals surface area contributed by atoms with E-state index in [0.29, 0.717) is 6.04 Å². The molecule has 1 aromatic heterocycles. The number of anilines is 1. The van der Waals surface area contributed by atoms with E-state index < -0.39 is 0 Å². The van der Waals surface area contributed by atoms with Gasteiger partial charge in [0.1, 0.15) is 5.82 Å². The summed E-state index contributed by atoms with van der Waals surface area (Å²) in [6.07, 6.45) is 0. The Morgan fingerprint density at radius 3 is 2.41 bits per heavy atom. The molecule has 0 spiro atoms. The van der Waals surface area contributed by atoms with E-state index in [2.05, 4.69) is 32.2 Å². The highest BCUT2D eigenvalue weighted by Crippen LogP contribution is 2.34. The second-order valence-electron chi connectivity index (χ2n) is 4.39. The molecule has 0 aliphatic heterocycles. The Hall–Kier alpha value is -1.35. The zero-order valence-corrected chi connectivity index (χ0v) is 11.1. The molecule has 0 radical (unpaired) electrons. The van der Waals surface area contributed by atoms with E-state index in [1.54, 1.807) is 11.3 Å². The molecule has 0 fully saturated rings. The number of aryl methyl sites for hydroxylation is 1. The first-order valence-corrected chi connectivity index (χ1v) is 6.51. The molecule has 1 nitrogen and oxygen atoms in total. The van der Waals surface area contributed by atoms with E-state index in [0.717, 1.165) is 5.56 Å². The minimum absolute atomic E-state index is 0.192. The molecular weight excluding hydrogens is 233 g/mol. The highest BCUT2D eigenvalue weighted by Gasteiger charge is 2.08. The molecule has 0 aliphatic carbocycles. The van der Waals surface area contributed by atoms with Crippen molar-refractivity contribution in [1.82, 2.24) is 0 Å². The third-order valence-corrected chi connectivity index (χ3v) is 3.59. The predicted molar refractivity (Wildman–Crippen MR) is 73.2 cm³/mol. The van der Waals surface area contributed by atoms with Crippen molar-refractivity contribution in [2.24, 2.45) is 0 Å². The molecule has 1 N–H and O–H groups in total. The maximum atomic E-state index is 12.8. The summed E-state index contributed by atoms with van der Waals surface area (Å²) in [7, 11) is 0. The fourth-order valence-corrected chi connectivity index (χ4v) is 2.68. The Kier molecular flexibility index (Phi) is 3.48. The first-order chi connectivity index (χ1) is 8.06. The second kappa shape index (κ2) is 4.88. The summed E-state index contributed by atoms with van der Waals surface area (Å²) < 4.78 is 12.8. The van der Waals surface area contributed by atoms with Crippen LogP contribution in [-0.4, -0.2) is 6.04 Å². The number of nitrogens with one attached hydrogen (secondary N) is 1. The quantitative estimate of drug-likeness (QED) is 0.832. The number of hydrogen-bond acceptors (Lipinski definition) is 2. The Labute approximate surface area is 105 Å². The van der Waals surface area contributed by atoms with Crippen molar-refractivity contribution in [2.45, 2.75) is 26.8 Å². The fraction of sp³-hybridized carbons (Fsp3) is 0.286. The average Bonchev–Trinajstić information content (AvgIpc) is 2.60. The van der Waals surface area contributed by atoms with Gasteiger partial charge in [-0.1, -0.05) is 12.1 Å². The maximum Gasteiger partial charge on any atom is 0.123 e. The maximum absolute atomic E-state index is 12.8. The second-order valence-corrected chi connectivity index (χ2v) is 5.64. The molecule has 0 aliphatic rings. The van der Waals surface area contributed by atoms with Gasteiger partial charge in [-0.05, 0) is 44.5 Å². The van der Waals surface area contributed by atoms with Crippen LogP contribution in [0.15, 0.2) is 30.3 Å². The van der Waals surface area contributed by atoms with Crippen molar-refractivity contribution in [3.63, 3.8) is 0 Å². The lowest BCUT2D eigenvalue weighted by atomic mass is 10.2. The van der Waals surface area contributed by atoms with Crippen molar-refractivity contribution >= 4 is 17.0 Å². The van der Waals surface area contributed by atoms with Crippen LogP contribution < -0.4 is 5.32 Å². The lowest BCUT2D eigenvalue weighted by Gasteiger charge is -2.08. The molecule has 90 valence electrons. The topological polar surface area (TPSA) is 12.0 Å².